The van der Waals surface area contributed by atoms with Gasteiger partial charge in [0.1, 0.15) is 11.4 Å². The summed E-state index contributed by atoms with van der Waals surface area (Å²) >= 11 is 0. The van der Waals surface area contributed by atoms with Crippen molar-refractivity contribution >= 4 is 22.7 Å². The fraction of sp³-hybridized carbons (Fsp3) is 0.273. The number of fused-ring (bicyclic) bond motifs is 1. The van der Waals surface area contributed by atoms with E-state index in [1.165, 1.54) is 0 Å². The van der Waals surface area contributed by atoms with Gasteiger partial charge in [-0.3, -0.25) is 9.59 Å². The molecule has 1 fully saturated rings. The van der Waals surface area contributed by atoms with Gasteiger partial charge in [0.25, 0.3) is 11.8 Å². The first-order chi connectivity index (χ1) is 13.6. The number of ether oxygens (including phenoxy) is 1. The van der Waals surface area contributed by atoms with Gasteiger partial charge in [0, 0.05) is 37.1 Å². The van der Waals surface area contributed by atoms with Gasteiger partial charge in [-0.05, 0) is 30.7 Å². The molecular formula is C22H23N3O3. The van der Waals surface area contributed by atoms with Crippen molar-refractivity contribution in [2.24, 2.45) is 0 Å². The van der Waals surface area contributed by atoms with E-state index in [9.17, 15) is 9.59 Å². The minimum atomic E-state index is -0.0576. The fourth-order valence-electron chi connectivity index (χ4n) is 3.57. The van der Waals surface area contributed by atoms with Crippen molar-refractivity contribution in [3.63, 3.8) is 0 Å². The predicted octanol–water partition coefficient (Wildman–Crippen LogP) is 2.84. The number of benzene rings is 2. The lowest BCUT2D eigenvalue weighted by molar-refractivity contribution is -0.134. The van der Waals surface area contributed by atoms with E-state index in [4.69, 9.17) is 4.74 Å². The van der Waals surface area contributed by atoms with Gasteiger partial charge in [0.15, 0.2) is 6.61 Å². The number of carbonyl (C=O) groups excluding carboxylic acids is 2. The first-order valence-electron chi connectivity index (χ1n) is 9.45. The smallest absolute Gasteiger partial charge is 0.270 e. The Morgan fingerprint density at radius 3 is 2.29 bits per heavy atom. The Kier molecular flexibility index (Phi) is 5.02. The number of amides is 2. The van der Waals surface area contributed by atoms with Gasteiger partial charge in [0.05, 0.1) is 0 Å². The summed E-state index contributed by atoms with van der Waals surface area (Å²) in [7, 11) is 0. The van der Waals surface area contributed by atoms with E-state index in [2.05, 4.69) is 4.98 Å². The number of hydrogen-bond acceptors (Lipinski definition) is 3. The highest BCUT2D eigenvalue weighted by atomic mass is 16.5. The Morgan fingerprint density at radius 1 is 0.929 bits per heavy atom. The molecule has 1 aliphatic rings. The van der Waals surface area contributed by atoms with Crippen LogP contribution in [0.2, 0.25) is 0 Å². The second-order valence-corrected chi connectivity index (χ2v) is 6.95. The highest BCUT2D eigenvalue weighted by Gasteiger charge is 2.27. The summed E-state index contributed by atoms with van der Waals surface area (Å²) < 4.78 is 5.54. The molecule has 2 heterocycles. The normalized spacial score (nSPS) is 14.3. The minimum absolute atomic E-state index is 0.0127. The molecule has 1 aromatic heterocycles. The van der Waals surface area contributed by atoms with E-state index < -0.39 is 0 Å². The van der Waals surface area contributed by atoms with Crippen molar-refractivity contribution in [3.8, 4) is 5.75 Å². The molecule has 6 heteroatoms. The number of H-pyrrole nitrogens is 1. The molecule has 4 rings (SSSR count). The summed E-state index contributed by atoms with van der Waals surface area (Å²) in [5, 5.41) is 1.07. The molecule has 1 saturated heterocycles. The zero-order valence-electron chi connectivity index (χ0n) is 15.9. The van der Waals surface area contributed by atoms with Gasteiger partial charge < -0.3 is 19.5 Å². The summed E-state index contributed by atoms with van der Waals surface area (Å²) in [5.74, 6) is 0.609. The number of hydrogen-bond donors (Lipinski definition) is 1. The molecule has 0 radical (unpaired) electrons. The van der Waals surface area contributed by atoms with E-state index in [-0.39, 0.29) is 18.4 Å². The topological polar surface area (TPSA) is 65.6 Å². The van der Waals surface area contributed by atoms with Crippen molar-refractivity contribution in [2.45, 2.75) is 6.92 Å². The maximum absolute atomic E-state index is 12.9. The predicted molar refractivity (Wildman–Crippen MR) is 107 cm³/mol. The largest absolute Gasteiger partial charge is 0.484 e. The monoisotopic (exact) mass is 377 g/mol. The molecule has 2 amide bonds. The molecule has 144 valence electrons. The van der Waals surface area contributed by atoms with Gasteiger partial charge in [-0.2, -0.15) is 0 Å². The molecule has 0 spiro atoms. The van der Waals surface area contributed by atoms with Gasteiger partial charge in [-0.15, -0.1) is 0 Å². The molecule has 2 aromatic carbocycles. The van der Waals surface area contributed by atoms with E-state index >= 15 is 0 Å². The lowest BCUT2D eigenvalue weighted by atomic mass is 10.1. The first-order valence-corrected chi connectivity index (χ1v) is 9.45. The summed E-state index contributed by atoms with van der Waals surface area (Å²) in [6.45, 7) is 4.05. The maximum Gasteiger partial charge on any atom is 0.270 e. The number of nitrogens with one attached hydrogen (secondary N) is 1. The summed E-state index contributed by atoms with van der Waals surface area (Å²) in [4.78, 5) is 32.1. The van der Waals surface area contributed by atoms with Crippen LogP contribution in [-0.4, -0.2) is 59.4 Å². The molecular weight excluding hydrogens is 354 g/mol. The molecule has 0 bridgehead atoms. The number of aromatic nitrogens is 1. The van der Waals surface area contributed by atoms with Crippen LogP contribution in [0.1, 0.15) is 16.1 Å². The van der Waals surface area contributed by atoms with Crippen LogP contribution in [0.25, 0.3) is 10.9 Å². The Bertz CT molecular complexity index is 989. The van der Waals surface area contributed by atoms with E-state index in [1.807, 2.05) is 61.5 Å². The van der Waals surface area contributed by atoms with Crippen LogP contribution in [-0.2, 0) is 4.79 Å². The summed E-state index contributed by atoms with van der Waals surface area (Å²) in [5.41, 5.74) is 2.57. The lowest BCUT2D eigenvalue weighted by Gasteiger charge is -2.34. The van der Waals surface area contributed by atoms with Crippen molar-refractivity contribution in [2.75, 3.05) is 32.8 Å². The zero-order chi connectivity index (χ0) is 19.5. The number of aryl methyl sites for hydroxylation is 1. The second-order valence-electron chi connectivity index (χ2n) is 6.95. The summed E-state index contributed by atoms with van der Waals surface area (Å²) in [6, 6.07) is 17.2. The zero-order valence-corrected chi connectivity index (χ0v) is 15.9. The minimum Gasteiger partial charge on any atom is -0.484 e. The molecule has 0 saturated carbocycles. The highest BCUT2D eigenvalue weighted by molar-refractivity contribution is 6.01. The summed E-state index contributed by atoms with van der Waals surface area (Å²) in [6.07, 6.45) is 0. The van der Waals surface area contributed by atoms with Gasteiger partial charge in [0.2, 0.25) is 0 Å². The Balaban J connectivity index is 1.35. The van der Waals surface area contributed by atoms with Crippen molar-refractivity contribution in [1.82, 2.24) is 14.8 Å². The molecule has 1 N–H and O–H groups in total. The molecule has 1 aliphatic heterocycles. The van der Waals surface area contributed by atoms with Crippen LogP contribution in [0.5, 0.6) is 5.75 Å². The third-order valence-electron chi connectivity index (χ3n) is 5.20. The first kappa shape index (κ1) is 18.1. The average Bonchev–Trinajstić information content (AvgIpc) is 3.09. The Morgan fingerprint density at radius 2 is 1.57 bits per heavy atom. The van der Waals surface area contributed by atoms with E-state index in [0.717, 1.165) is 16.5 Å². The number of rotatable bonds is 4. The van der Waals surface area contributed by atoms with Crippen molar-refractivity contribution in [3.05, 3.63) is 65.9 Å². The van der Waals surface area contributed by atoms with Gasteiger partial charge >= 0.3 is 0 Å². The van der Waals surface area contributed by atoms with Gasteiger partial charge in [-0.25, -0.2) is 0 Å². The fourth-order valence-corrected chi connectivity index (χ4v) is 3.57. The van der Waals surface area contributed by atoms with Crippen LogP contribution in [0.3, 0.4) is 0 Å². The third-order valence-corrected chi connectivity index (χ3v) is 5.20. The molecule has 0 atom stereocenters. The molecule has 28 heavy (non-hydrogen) atoms. The number of aromatic amines is 1. The van der Waals surface area contributed by atoms with E-state index in [1.54, 1.807) is 9.80 Å². The molecule has 0 unspecified atom stereocenters. The van der Waals surface area contributed by atoms with Crippen LogP contribution >= 0.6 is 0 Å². The van der Waals surface area contributed by atoms with Crippen LogP contribution in [0.15, 0.2) is 54.6 Å². The van der Waals surface area contributed by atoms with Crippen LogP contribution in [0, 0.1) is 6.92 Å². The Labute approximate surface area is 163 Å². The molecule has 0 aliphatic carbocycles. The van der Waals surface area contributed by atoms with Crippen molar-refractivity contribution in [1.29, 1.82) is 0 Å². The molecule has 3 aromatic rings. The third kappa shape index (κ3) is 3.58. The number of carbonyl (C=O) groups is 2. The number of nitrogens with zero attached hydrogens (tertiary/aromatic N) is 2. The lowest BCUT2D eigenvalue weighted by Crippen LogP contribution is -2.51. The second kappa shape index (κ2) is 7.76. The number of para-hydroxylation sites is 2. The maximum atomic E-state index is 12.9. The van der Waals surface area contributed by atoms with Crippen molar-refractivity contribution < 1.29 is 14.3 Å². The standard InChI is InChI=1S/C22H23N3O3/c1-16-18-9-5-6-10-19(18)23-21(16)22(27)25-13-11-24(12-14-25)20(26)15-28-17-7-3-2-4-8-17/h2-10,23H,11-15H2,1H3. The SMILES string of the molecule is Cc1c(C(=O)N2CCN(C(=O)COc3ccccc3)CC2)[nH]c2ccccc12. The van der Waals surface area contributed by atoms with Crippen LogP contribution < -0.4 is 4.74 Å². The van der Waals surface area contributed by atoms with Crippen LogP contribution in [0.4, 0.5) is 0 Å². The van der Waals surface area contributed by atoms with Gasteiger partial charge in [-0.1, -0.05) is 36.4 Å². The quantitative estimate of drug-likeness (QED) is 0.760. The average molecular weight is 377 g/mol. The van der Waals surface area contributed by atoms with E-state index in [0.29, 0.717) is 37.6 Å². The number of piperazine rings is 1. The molecule has 6 nitrogen and oxygen atoms in total. The highest BCUT2D eigenvalue weighted by Crippen LogP contribution is 2.23. The Hall–Kier alpha value is -3.28.